The number of rotatable bonds is 4. The van der Waals surface area contributed by atoms with Crippen LogP contribution in [0.2, 0.25) is 0 Å². The molecule has 1 aromatic rings. The first-order valence-electron chi connectivity index (χ1n) is 6.75. The first-order chi connectivity index (χ1) is 8.92. The molecule has 1 aliphatic rings. The van der Waals surface area contributed by atoms with E-state index < -0.39 is 0 Å². The molecule has 0 saturated heterocycles. The highest BCUT2D eigenvalue weighted by molar-refractivity contribution is 14.0. The minimum Gasteiger partial charge on any atom is -0.356 e. The quantitative estimate of drug-likeness (QED) is 0.473. The number of thiazole rings is 1. The highest BCUT2D eigenvalue weighted by Crippen LogP contribution is 2.50. The average Bonchev–Trinajstić information content (AvgIpc) is 2.74. The van der Waals surface area contributed by atoms with E-state index in [4.69, 9.17) is 0 Å². The summed E-state index contributed by atoms with van der Waals surface area (Å²) in [6.07, 6.45) is 1.31. The molecular weight excluding hydrogens is 383 g/mol. The molecule has 1 fully saturated rings. The Kier molecular flexibility index (Phi) is 6.25. The number of nitrogens with one attached hydrogen (secondary N) is 1. The number of hydrogen-bond donors (Lipinski definition) is 1. The summed E-state index contributed by atoms with van der Waals surface area (Å²) in [7, 11) is 3.89. The zero-order chi connectivity index (χ0) is 14.0. The first kappa shape index (κ1) is 17.7. The van der Waals surface area contributed by atoms with Crippen LogP contribution in [-0.4, -0.2) is 36.5 Å². The van der Waals surface area contributed by atoms with Gasteiger partial charge in [0.05, 0.1) is 17.2 Å². The van der Waals surface area contributed by atoms with Crippen molar-refractivity contribution in [2.45, 2.75) is 33.7 Å². The molecule has 0 bridgehead atoms. The summed E-state index contributed by atoms with van der Waals surface area (Å²) in [4.78, 5) is 11.0. The first-order valence-corrected chi connectivity index (χ1v) is 7.63. The van der Waals surface area contributed by atoms with Gasteiger partial charge in [0.1, 0.15) is 0 Å². The lowest BCUT2D eigenvalue weighted by Crippen LogP contribution is -2.39. The van der Waals surface area contributed by atoms with Crippen LogP contribution >= 0.6 is 35.3 Å². The third kappa shape index (κ3) is 4.58. The Bertz CT molecular complexity index is 469. The van der Waals surface area contributed by atoms with Gasteiger partial charge in [-0.2, -0.15) is 0 Å². The zero-order valence-electron chi connectivity index (χ0n) is 12.9. The maximum Gasteiger partial charge on any atom is 0.193 e. The lowest BCUT2D eigenvalue weighted by molar-refractivity contribution is 0.461. The van der Waals surface area contributed by atoms with Gasteiger partial charge in [0, 0.05) is 26.0 Å². The zero-order valence-corrected chi connectivity index (χ0v) is 16.1. The molecule has 1 aliphatic carbocycles. The van der Waals surface area contributed by atoms with Crippen LogP contribution in [0.4, 0.5) is 0 Å². The van der Waals surface area contributed by atoms with E-state index in [1.807, 2.05) is 14.0 Å². The van der Waals surface area contributed by atoms with Gasteiger partial charge in [-0.3, -0.25) is 4.99 Å². The standard InChI is InChI=1S/C14H24N4S.HI/c1-10-17-12(9-19-10)8-18(5)13(15-4)16-7-11-6-14(11,2)3;/h9,11H,6-8H2,1-5H3,(H,15,16);1H. The molecule has 0 radical (unpaired) electrons. The molecule has 2 rings (SSSR count). The van der Waals surface area contributed by atoms with Crippen molar-refractivity contribution in [2.24, 2.45) is 16.3 Å². The molecule has 4 nitrogen and oxygen atoms in total. The van der Waals surface area contributed by atoms with Crippen molar-refractivity contribution < 1.29 is 0 Å². The number of nitrogens with zero attached hydrogens (tertiary/aromatic N) is 3. The summed E-state index contributed by atoms with van der Waals surface area (Å²) in [6.45, 7) is 8.50. The van der Waals surface area contributed by atoms with Crippen molar-refractivity contribution >= 4 is 41.3 Å². The average molecular weight is 408 g/mol. The lowest BCUT2D eigenvalue weighted by Gasteiger charge is -2.21. The topological polar surface area (TPSA) is 40.5 Å². The highest BCUT2D eigenvalue weighted by Gasteiger charge is 2.45. The summed E-state index contributed by atoms with van der Waals surface area (Å²) in [6, 6.07) is 0. The van der Waals surface area contributed by atoms with Crippen LogP contribution in [0.25, 0.3) is 0 Å². The Labute approximate surface area is 143 Å². The predicted octanol–water partition coefficient (Wildman–Crippen LogP) is 3.12. The fourth-order valence-electron chi connectivity index (χ4n) is 2.32. The molecule has 0 spiro atoms. The summed E-state index contributed by atoms with van der Waals surface area (Å²) in [5.41, 5.74) is 1.62. The Balaban J connectivity index is 0.00000200. The van der Waals surface area contributed by atoms with E-state index in [-0.39, 0.29) is 24.0 Å². The van der Waals surface area contributed by atoms with E-state index in [1.54, 1.807) is 11.3 Å². The van der Waals surface area contributed by atoms with Gasteiger partial charge in [-0.05, 0) is 24.7 Å². The van der Waals surface area contributed by atoms with E-state index in [0.29, 0.717) is 5.41 Å². The van der Waals surface area contributed by atoms with Crippen molar-refractivity contribution in [3.05, 3.63) is 16.1 Å². The van der Waals surface area contributed by atoms with Crippen molar-refractivity contribution in [3.63, 3.8) is 0 Å². The molecular formula is C14H25IN4S. The van der Waals surface area contributed by atoms with E-state index in [9.17, 15) is 0 Å². The Hall–Kier alpha value is -0.370. The Morgan fingerprint density at radius 1 is 1.60 bits per heavy atom. The fourth-order valence-corrected chi connectivity index (χ4v) is 2.93. The van der Waals surface area contributed by atoms with Gasteiger partial charge in [-0.25, -0.2) is 4.98 Å². The van der Waals surface area contributed by atoms with Crippen molar-refractivity contribution in [1.29, 1.82) is 0 Å². The molecule has 6 heteroatoms. The maximum absolute atomic E-state index is 4.49. The van der Waals surface area contributed by atoms with Crippen molar-refractivity contribution in [3.8, 4) is 0 Å². The second kappa shape index (κ2) is 7.06. The minimum absolute atomic E-state index is 0. The van der Waals surface area contributed by atoms with Gasteiger partial charge >= 0.3 is 0 Å². The molecule has 0 aliphatic heterocycles. The van der Waals surface area contributed by atoms with Crippen LogP contribution in [-0.2, 0) is 6.54 Å². The summed E-state index contributed by atoms with van der Waals surface area (Å²) < 4.78 is 0. The SMILES string of the molecule is CN=C(NCC1CC1(C)C)N(C)Cc1csc(C)n1.I. The number of aliphatic imine (C=N–C) groups is 1. The van der Waals surface area contributed by atoms with Crippen LogP contribution in [0.15, 0.2) is 10.4 Å². The van der Waals surface area contributed by atoms with Crippen LogP contribution in [0.3, 0.4) is 0 Å². The van der Waals surface area contributed by atoms with Gasteiger partial charge in [0.25, 0.3) is 0 Å². The number of aryl methyl sites for hydroxylation is 1. The van der Waals surface area contributed by atoms with Crippen LogP contribution in [0.1, 0.15) is 31.0 Å². The van der Waals surface area contributed by atoms with E-state index in [0.717, 1.165) is 35.7 Å². The van der Waals surface area contributed by atoms with E-state index >= 15 is 0 Å². The third-order valence-corrected chi connectivity index (χ3v) is 4.69. The summed E-state index contributed by atoms with van der Waals surface area (Å²) in [5, 5.41) is 6.70. The summed E-state index contributed by atoms with van der Waals surface area (Å²) in [5.74, 6) is 1.73. The van der Waals surface area contributed by atoms with Crippen molar-refractivity contribution in [1.82, 2.24) is 15.2 Å². The molecule has 1 unspecified atom stereocenters. The Morgan fingerprint density at radius 3 is 2.70 bits per heavy atom. The van der Waals surface area contributed by atoms with Gasteiger partial charge in [-0.1, -0.05) is 13.8 Å². The van der Waals surface area contributed by atoms with Crippen LogP contribution < -0.4 is 5.32 Å². The monoisotopic (exact) mass is 408 g/mol. The van der Waals surface area contributed by atoms with E-state index in [1.165, 1.54) is 6.42 Å². The molecule has 114 valence electrons. The number of hydrogen-bond acceptors (Lipinski definition) is 3. The molecule has 20 heavy (non-hydrogen) atoms. The van der Waals surface area contributed by atoms with Gasteiger partial charge in [0.2, 0.25) is 0 Å². The van der Waals surface area contributed by atoms with Gasteiger partial charge < -0.3 is 10.2 Å². The second-order valence-electron chi connectivity index (χ2n) is 6.03. The van der Waals surface area contributed by atoms with Crippen LogP contribution in [0, 0.1) is 18.3 Å². The smallest absolute Gasteiger partial charge is 0.193 e. The Morgan fingerprint density at radius 2 is 2.25 bits per heavy atom. The maximum atomic E-state index is 4.49. The molecule has 1 atom stereocenters. The number of guanidine groups is 1. The van der Waals surface area contributed by atoms with Crippen LogP contribution in [0.5, 0.6) is 0 Å². The molecule has 0 aromatic carbocycles. The fraction of sp³-hybridized carbons (Fsp3) is 0.714. The molecule has 1 aromatic heterocycles. The van der Waals surface area contributed by atoms with Gasteiger partial charge in [0.15, 0.2) is 5.96 Å². The van der Waals surface area contributed by atoms with Gasteiger partial charge in [-0.15, -0.1) is 35.3 Å². The van der Waals surface area contributed by atoms with Crippen molar-refractivity contribution in [2.75, 3.05) is 20.6 Å². The number of halogens is 1. The number of aromatic nitrogens is 1. The second-order valence-corrected chi connectivity index (χ2v) is 7.09. The largest absolute Gasteiger partial charge is 0.356 e. The predicted molar refractivity (Wildman–Crippen MR) is 97.0 cm³/mol. The third-order valence-electron chi connectivity index (χ3n) is 3.86. The van der Waals surface area contributed by atoms with E-state index in [2.05, 4.69) is 46.5 Å². The normalized spacial score (nSPS) is 20.2. The molecule has 1 heterocycles. The highest BCUT2D eigenvalue weighted by atomic mass is 127. The molecule has 0 amide bonds. The molecule has 1 N–H and O–H groups in total. The summed E-state index contributed by atoms with van der Waals surface area (Å²) >= 11 is 1.70. The minimum atomic E-state index is 0. The lowest BCUT2D eigenvalue weighted by atomic mass is 10.1. The molecule has 1 saturated carbocycles.